The highest BCUT2D eigenvalue weighted by Crippen LogP contribution is 2.16. The van der Waals surface area contributed by atoms with Crippen LogP contribution in [0.5, 0.6) is 0 Å². The summed E-state index contributed by atoms with van der Waals surface area (Å²) in [5, 5.41) is 11.3. The number of carbonyl (C=O) groups excluding carboxylic acids is 2. The fourth-order valence-corrected chi connectivity index (χ4v) is 1.55. The van der Waals surface area contributed by atoms with Crippen molar-refractivity contribution in [2.75, 3.05) is 0 Å². The Morgan fingerprint density at radius 3 is 2.53 bits per heavy atom. The van der Waals surface area contributed by atoms with Gasteiger partial charge < -0.3 is 16.2 Å². The van der Waals surface area contributed by atoms with Crippen molar-refractivity contribution in [1.29, 1.82) is 0 Å². The van der Waals surface area contributed by atoms with E-state index in [1.165, 1.54) is 12.1 Å². The Balaban J connectivity index is 2.84. The van der Waals surface area contributed by atoms with Gasteiger partial charge in [-0.15, -0.1) is 0 Å². The number of nitrogens with one attached hydrogen (secondary N) is 1. The van der Waals surface area contributed by atoms with Crippen LogP contribution in [0.4, 0.5) is 0 Å². The smallest absolute Gasteiger partial charge is 0.305 e. The minimum Gasteiger partial charge on any atom is -0.481 e. The average Bonchev–Trinajstić information content (AvgIpc) is 2.31. The summed E-state index contributed by atoms with van der Waals surface area (Å²) in [5.74, 6) is -2.74. The molecule has 6 nitrogen and oxygen atoms in total. The lowest BCUT2D eigenvalue weighted by atomic mass is 10.1. The number of hydrogen-bond acceptors (Lipinski definition) is 3. The number of primary amides is 1. The van der Waals surface area contributed by atoms with Gasteiger partial charge in [0, 0.05) is 10.6 Å². The molecule has 0 fully saturated rings. The third-order valence-electron chi connectivity index (χ3n) is 2.46. The van der Waals surface area contributed by atoms with Crippen LogP contribution in [0.15, 0.2) is 18.2 Å². The predicted molar refractivity (Wildman–Crippen MR) is 68.9 cm³/mol. The van der Waals surface area contributed by atoms with Gasteiger partial charge in [-0.05, 0) is 24.6 Å². The van der Waals surface area contributed by atoms with E-state index < -0.39 is 30.2 Å². The van der Waals surface area contributed by atoms with Crippen LogP contribution in [-0.2, 0) is 9.59 Å². The molecule has 7 heteroatoms. The number of aliphatic carboxylic acids is 1. The van der Waals surface area contributed by atoms with Gasteiger partial charge in [0.15, 0.2) is 0 Å². The molecule has 0 heterocycles. The minimum absolute atomic E-state index is 0.229. The molecule has 0 bridgehead atoms. The van der Waals surface area contributed by atoms with Crippen molar-refractivity contribution < 1.29 is 19.5 Å². The lowest BCUT2D eigenvalue weighted by Gasteiger charge is -2.13. The Morgan fingerprint density at radius 2 is 2.05 bits per heavy atom. The fraction of sp³-hybridized carbons (Fsp3) is 0.250. The van der Waals surface area contributed by atoms with Gasteiger partial charge in [-0.2, -0.15) is 0 Å². The molecule has 4 N–H and O–H groups in total. The normalized spacial score (nSPS) is 11.7. The number of hydrogen-bond donors (Lipinski definition) is 3. The van der Waals surface area contributed by atoms with E-state index in [1.54, 1.807) is 13.0 Å². The van der Waals surface area contributed by atoms with Crippen LogP contribution < -0.4 is 11.1 Å². The Hall–Kier alpha value is -2.08. The van der Waals surface area contributed by atoms with Crippen molar-refractivity contribution in [3.8, 4) is 0 Å². The number of halogens is 1. The van der Waals surface area contributed by atoms with Gasteiger partial charge in [-0.3, -0.25) is 14.4 Å². The van der Waals surface area contributed by atoms with Crippen molar-refractivity contribution in [1.82, 2.24) is 5.32 Å². The number of carbonyl (C=O) groups is 3. The second kappa shape index (κ2) is 6.19. The second-order valence-corrected chi connectivity index (χ2v) is 4.40. The van der Waals surface area contributed by atoms with Crippen LogP contribution in [0.1, 0.15) is 22.3 Å². The zero-order chi connectivity index (χ0) is 14.6. The van der Waals surface area contributed by atoms with Gasteiger partial charge >= 0.3 is 5.97 Å². The predicted octanol–water partition coefficient (Wildman–Crippen LogP) is 0.707. The number of carboxylic acids is 1. The highest BCUT2D eigenvalue weighted by atomic mass is 35.5. The van der Waals surface area contributed by atoms with Crippen LogP contribution in [0, 0.1) is 6.92 Å². The summed E-state index contributed by atoms with van der Waals surface area (Å²) in [6.45, 7) is 1.78. The molecule has 1 atom stereocenters. The van der Waals surface area contributed by atoms with Gasteiger partial charge in [0.1, 0.15) is 6.04 Å². The lowest BCUT2D eigenvalue weighted by Crippen LogP contribution is -2.45. The molecule has 0 aliphatic carbocycles. The zero-order valence-electron chi connectivity index (χ0n) is 10.1. The molecular weight excluding hydrogens is 272 g/mol. The van der Waals surface area contributed by atoms with Crippen molar-refractivity contribution in [2.45, 2.75) is 19.4 Å². The molecular formula is C12H13ClN2O4. The van der Waals surface area contributed by atoms with E-state index in [9.17, 15) is 14.4 Å². The first kappa shape index (κ1) is 15.0. The molecule has 0 spiro atoms. The zero-order valence-corrected chi connectivity index (χ0v) is 10.9. The van der Waals surface area contributed by atoms with Crippen LogP contribution in [0.3, 0.4) is 0 Å². The molecule has 0 aromatic heterocycles. The van der Waals surface area contributed by atoms with E-state index in [0.29, 0.717) is 5.02 Å². The Labute approximate surface area is 114 Å². The molecule has 102 valence electrons. The third kappa shape index (κ3) is 4.26. The average molecular weight is 285 g/mol. The lowest BCUT2D eigenvalue weighted by molar-refractivity contribution is -0.139. The molecule has 1 aromatic carbocycles. The van der Waals surface area contributed by atoms with Crippen LogP contribution in [0.2, 0.25) is 5.02 Å². The molecule has 0 aliphatic rings. The third-order valence-corrected chi connectivity index (χ3v) is 2.87. The minimum atomic E-state index is -1.26. The quantitative estimate of drug-likeness (QED) is 0.739. The Morgan fingerprint density at radius 1 is 1.42 bits per heavy atom. The summed E-state index contributed by atoms with van der Waals surface area (Å²) in [5.41, 5.74) is 6.05. The number of amides is 2. The summed E-state index contributed by atoms with van der Waals surface area (Å²) in [6.07, 6.45) is -0.569. The van der Waals surface area contributed by atoms with E-state index in [-0.39, 0.29) is 5.56 Å². The summed E-state index contributed by atoms with van der Waals surface area (Å²) in [6, 6.07) is 3.35. The first-order chi connectivity index (χ1) is 8.81. The summed E-state index contributed by atoms with van der Waals surface area (Å²) in [7, 11) is 0. The number of benzene rings is 1. The molecule has 0 saturated heterocycles. The van der Waals surface area contributed by atoms with Crippen molar-refractivity contribution >= 4 is 29.4 Å². The number of nitrogens with two attached hydrogens (primary N) is 1. The van der Waals surface area contributed by atoms with Gasteiger partial charge in [0.25, 0.3) is 5.91 Å². The molecule has 1 aromatic rings. The van der Waals surface area contributed by atoms with E-state index in [1.807, 2.05) is 0 Å². The molecule has 0 radical (unpaired) electrons. The van der Waals surface area contributed by atoms with E-state index in [0.717, 1.165) is 5.56 Å². The van der Waals surface area contributed by atoms with Crippen molar-refractivity contribution in [2.24, 2.45) is 5.73 Å². The topological polar surface area (TPSA) is 109 Å². The fourth-order valence-electron chi connectivity index (χ4n) is 1.37. The first-order valence-electron chi connectivity index (χ1n) is 5.39. The second-order valence-electron chi connectivity index (χ2n) is 3.99. The Kier molecular flexibility index (Phi) is 4.88. The number of rotatable bonds is 5. The van der Waals surface area contributed by atoms with Crippen molar-refractivity contribution in [3.63, 3.8) is 0 Å². The molecule has 1 rings (SSSR count). The maximum Gasteiger partial charge on any atom is 0.305 e. The maximum atomic E-state index is 11.8. The maximum absolute atomic E-state index is 11.8. The molecule has 0 aliphatic heterocycles. The number of carboxylic acid groups (broad SMARTS) is 1. The molecule has 2 amide bonds. The largest absolute Gasteiger partial charge is 0.481 e. The van der Waals surface area contributed by atoms with Gasteiger partial charge in [-0.25, -0.2) is 0 Å². The standard InChI is InChI=1S/C12H13ClN2O4/c1-6-2-3-7(4-8(6)13)12(19)15-9(11(14)18)5-10(16)17/h2-4,9H,5H2,1H3,(H2,14,18)(H,15,19)(H,16,17). The van der Waals surface area contributed by atoms with Crippen LogP contribution in [0.25, 0.3) is 0 Å². The SMILES string of the molecule is Cc1ccc(C(=O)NC(CC(=O)O)C(N)=O)cc1Cl. The number of aryl methyl sites for hydroxylation is 1. The highest BCUT2D eigenvalue weighted by molar-refractivity contribution is 6.31. The Bertz CT molecular complexity index is 530. The van der Waals surface area contributed by atoms with E-state index >= 15 is 0 Å². The molecule has 1 unspecified atom stereocenters. The summed E-state index contributed by atoms with van der Waals surface area (Å²) in [4.78, 5) is 33.4. The first-order valence-corrected chi connectivity index (χ1v) is 5.77. The van der Waals surface area contributed by atoms with E-state index in [4.69, 9.17) is 22.4 Å². The van der Waals surface area contributed by atoms with Gasteiger partial charge in [0.2, 0.25) is 5.91 Å². The molecule has 19 heavy (non-hydrogen) atoms. The van der Waals surface area contributed by atoms with Gasteiger partial charge in [0.05, 0.1) is 6.42 Å². The monoisotopic (exact) mass is 284 g/mol. The van der Waals surface area contributed by atoms with Crippen LogP contribution >= 0.6 is 11.6 Å². The van der Waals surface area contributed by atoms with Crippen molar-refractivity contribution in [3.05, 3.63) is 34.3 Å². The van der Waals surface area contributed by atoms with Gasteiger partial charge in [-0.1, -0.05) is 17.7 Å². The van der Waals surface area contributed by atoms with E-state index in [2.05, 4.69) is 5.32 Å². The van der Waals surface area contributed by atoms with Crippen LogP contribution in [-0.4, -0.2) is 28.9 Å². The highest BCUT2D eigenvalue weighted by Gasteiger charge is 2.22. The summed E-state index contributed by atoms with van der Waals surface area (Å²) < 4.78 is 0. The molecule has 0 saturated carbocycles. The summed E-state index contributed by atoms with van der Waals surface area (Å²) >= 11 is 5.88.